The molecule has 0 saturated heterocycles. The average Bonchev–Trinajstić information content (AvgIpc) is 3.23. The van der Waals surface area contributed by atoms with Gasteiger partial charge in [-0.25, -0.2) is 13.4 Å². The number of thioether (sulfide) groups is 1. The lowest BCUT2D eigenvalue weighted by molar-refractivity contribution is -0.116. The lowest BCUT2D eigenvalue weighted by atomic mass is 10.3. The topological polar surface area (TPSA) is 79.4 Å². The third-order valence-corrected chi connectivity index (χ3v) is 8.53. The van der Waals surface area contributed by atoms with Crippen LogP contribution in [0.2, 0.25) is 0 Å². The molecule has 1 aromatic carbocycles. The highest BCUT2D eigenvalue weighted by molar-refractivity contribution is 8.00. The number of nitrogens with zero attached hydrogens (tertiary/aromatic N) is 2. The Morgan fingerprint density at radius 1 is 1.36 bits per heavy atom. The van der Waals surface area contributed by atoms with Crippen LogP contribution in [0.4, 0.5) is 5.69 Å². The van der Waals surface area contributed by atoms with E-state index in [0.717, 1.165) is 30.2 Å². The highest BCUT2D eigenvalue weighted by Crippen LogP contribution is 2.30. The van der Waals surface area contributed by atoms with Crippen LogP contribution >= 0.6 is 34.4 Å². The van der Waals surface area contributed by atoms with Crippen molar-refractivity contribution in [3.05, 3.63) is 35.7 Å². The van der Waals surface area contributed by atoms with E-state index in [-0.39, 0.29) is 10.8 Å². The van der Waals surface area contributed by atoms with Crippen LogP contribution in [0.25, 0.3) is 10.2 Å². The van der Waals surface area contributed by atoms with Crippen molar-refractivity contribution in [3.8, 4) is 0 Å². The summed E-state index contributed by atoms with van der Waals surface area (Å²) in [6, 6.07) is 8.64. The number of thiazole rings is 1. The Labute approximate surface area is 157 Å². The SMILES string of the molecule is CSc1nc2ccc(NC(=O)CN(C)S(=O)(=O)c3cccs3)cc2s1. The smallest absolute Gasteiger partial charge is 0.252 e. The van der Waals surface area contributed by atoms with Crippen LogP contribution in [0.1, 0.15) is 0 Å². The van der Waals surface area contributed by atoms with Gasteiger partial charge in [0.2, 0.25) is 5.91 Å². The summed E-state index contributed by atoms with van der Waals surface area (Å²) in [5, 5.41) is 4.43. The Morgan fingerprint density at radius 2 is 2.16 bits per heavy atom. The molecular weight excluding hydrogens is 398 g/mol. The number of nitrogens with one attached hydrogen (secondary N) is 1. The molecule has 0 bridgehead atoms. The zero-order valence-electron chi connectivity index (χ0n) is 13.4. The third kappa shape index (κ3) is 4.04. The fourth-order valence-electron chi connectivity index (χ4n) is 2.12. The fourth-order valence-corrected chi connectivity index (χ4v) is 5.98. The van der Waals surface area contributed by atoms with Crippen LogP contribution in [0.3, 0.4) is 0 Å². The van der Waals surface area contributed by atoms with Gasteiger partial charge in [0.05, 0.1) is 16.8 Å². The number of sulfonamides is 1. The lowest BCUT2D eigenvalue weighted by Gasteiger charge is -2.15. The molecule has 0 spiro atoms. The van der Waals surface area contributed by atoms with Crippen molar-refractivity contribution < 1.29 is 13.2 Å². The second-order valence-electron chi connectivity index (χ2n) is 5.11. The third-order valence-electron chi connectivity index (χ3n) is 3.35. The first-order valence-electron chi connectivity index (χ1n) is 7.14. The highest BCUT2D eigenvalue weighted by atomic mass is 32.2. The van der Waals surface area contributed by atoms with Gasteiger partial charge < -0.3 is 5.32 Å². The van der Waals surface area contributed by atoms with E-state index in [2.05, 4.69) is 10.3 Å². The molecule has 0 fully saturated rings. The molecule has 0 unspecified atom stereocenters. The van der Waals surface area contributed by atoms with E-state index in [1.54, 1.807) is 40.6 Å². The predicted molar refractivity (Wildman–Crippen MR) is 104 cm³/mol. The molecule has 10 heteroatoms. The van der Waals surface area contributed by atoms with E-state index in [1.807, 2.05) is 18.4 Å². The molecule has 0 saturated carbocycles. The largest absolute Gasteiger partial charge is 0.325 e. The van der Waals surface area contributed by atoms with E-state index >= 15 is 0 Å². The predicted octanol–water partition coefficient (Wildman–Crippen LogP) is 3.34. The summed E-state index contributed by atoms with van der Waals surface area (Å²) in [6.45, 7) is -0.253. The van der Waals surface area contributed by atoms with Crippen LogP contribution in [0.15, 0.2) is 44.3 Å². The Morgan fingerprint density at radius 3 is 2.84 bits per heavy atom. The van der Waals surface area contributed by atoms with Crippen molar-refractivity contribution in [3.63, 3.8) is 0 Å². The number of hydrogen-bond acceptors (Lipinski definition) is 7. The molecule has 3 rings (SSSR count). The van der Waals surface area contributed by atoms with Crippen LogP contribution in [0.5, 0.6) is 0 Å². The number of anilines is 1. The fraction of sp³-hybridized carbons (Fsp3) is 0.200. The molecule has 132 valence electrons. The summed E-state index contributed by atoms with van der Waals surface area (Å²) in [6.07, 6.45) is 1.96. The van der Waals surface area contributed by atoms with E-state index < -0.39 is 15.9 Å². The molecule has 25 heavy (non-hydrogen) atoms. The molecular formula is C15H15N3O3S4. The second kappa shape index (κ2) is 7.42. The zero-order chi connectivity index (χ0) is 18.0. The molecule has 0 aliphatic carbocycles. The van der Waals surface area contributed by atoms with E-state index in [0.29, 0.717) is 5.69 Å². The highest BCUT2D eigenvalue weighted by Gasteiger charge is 2.23. The monoisotopic (exact) mass is 413 g/mol. The number of hydrogen-bond donors (Lipinski definition) is 1. The number of rotatable bonds is 6. The zero-order valence-corrected chi connectivity index (χ0v) is 16.7. The van der Waals surface area contributed by atoms with Crippen molar-refractivity contribution in [2.24, 2.45) is 0 Å². The lowest BCUT2D eigenvalue weighted by Crippen LogP contribution is -2.34. The van der Waals surface area contributed by atoms with Crippen molar-refractivity contribution in [2.45, 2.75) is 8.55 Å². The van der Waals surface area contributed by atoms with Gasteiger partial charge in [0.25, 0.3) is 10.0 Å². The quantitative estimate of drug-likeness (QED) is 0.627. The number of thiophene rings is 1. The van der Waals surface area contributed by atoms with Gasteiger partial charge in [-0.15, -0.1) is 22.7 Å². The number of carbonyl (C=O) groups excluding carboxylic acids is 1. The van der Waals surface area contributed by atoms with Gasteiger partial charge in [0.15, 0.2) is 4.34 Å². The Kier molecular flexibility index (Phi) is 5.44. The van der Waals surface area contributed by atoms with Crippen molar-refractivity contribution in [2.75, 3.05) is 25.2 Å². The molecule has 0 radical (unpaired) electrons. The summed E-state index contributed by atoms with van der Waals surface area (Å²) >= 11 is 4.25. The Hall–Kier alpha value is -1.46. The van der Waals surface area contributed by atoms with E-state index in [1.165, 1.54) is 13.1 Å². The van der Waals surface area contributed by atoms with Gasteiger partial charge in [0.1, 0.15) is 4.21 Å². The van der Waals surface area contributed by atoms with Gasteiger partial charge in [-0.05, 0) is 35.9 Å². The maximum Gasteiger partial charge on any atom is 0.252 e. The van der Waals surface area contributed by atoms with Crippen LogP contribution in [-0.2, 0) is 14.8 Å². The molecule has 0 atom stereocenters. The average molecular weight is 414 g/mol. The molecule has 1 N–H and O–H groups in total. The summed E-state index contributed by atoms with van der Waals surface area (Å²) in [4.78, 5) is 16.6. The number of aromatic nitrogens is 1. The van der Waals surface area contributed by atoms with Crippen LogP contribution < -0.4 is 5.32 Å². The maximum atomic E-state index is 12.3. The van der Waals surface area contributed by atoms with Crippen LogP contribution in [-0.4, -0.2) is 43.5 Å². The number of carbonyl (C=O) groups is 1. The summed E-state index contributed by atoms with van der Waals surface area (Å²) < 4.78 is 27.9. The number of fused-ring (bicyclic) bond motifs is 1. The Balaban J connectivity index is 1.70. The first-order chi connectivity index (χ1) is 11.9. The normalized spacial score (nSPS) is 12.0. The van der Waals surface area contributed by atoms with Crippen molar-refractivity contribution in [1.29, 1.82) is 0 Å². The van der Waals surface area contributed by atoms with Gasteiger partial charge in [-0.3, -0.25) is 4.79 Å². The minimum absolute atomic E-state index is 0.221. The van der Waals surface area contributed by atoms with E-state index in [9.17, 15) is 13.2 Å². The standard InChI is InChI=1S/C15H15N3O3S4/c1-18(25(20,21)14-4-3-7-23-14)9-13(19)16-10-5-6-11-12(8-10)24-15(17-11)22-2/h3-8H,9H2,1-2H3,(H,16,19). The van der Waals surface area contributed by atoms with Crippen molar-refractivity contribution >= 4 is 66.3 Å². The van der Waals surface area contributed by atoms with Gasteiger partial charge >= 0.3 is 0 Å². The summed E-state index contributed by atoms with van der Waals surface area (Å²) in [7, 11) is -2.24. The van der Waals surface area contributed by atoms with Gasteiger partial charge in [0, 0.05) is 12.7 Å². The summed E-state index contributed by atoms with van der Waals surface area (Å²) in [5.74, 6) is -0.392. The molecule has 6 nitrogen and oxygen atoms in total. The molecule has 0 aliphatic rings. The maximum absolute atomic E-state index is 12.3. The van der Waals surface area contributed by atoms with Crippen molar-refractivity contribution in [1.82, 2.24) is 9.29 Å². The Bertz CT molecular complexity index is 996. The minimum atomic E-state index is -3.64. The van der Waals surface area contributed by atoms with Crippen LogP contribution in [0, 0.1) is 0 Å². The van der Waals surface area contributed by atoms with Gasteiger partial charge in [-0.1, -0.05) is 17.8 Å². The molecule has 1 amide bonds. The molecule has 0 aliphatic heterocycles. The number of benzene rings is 1. The molecule has 3 aromatic rings. The number of amides is 1. The first kappa shape index (κ1) is 18.3. The molecule has 2 heterocycles. The van der Waals surface area contributed by atoms with E-state index in [4.69, 9.17) is 0 Å². The number of likely N-dealkylation sites (N-methyl/N-ethyl adjacent to an activating group) is 1. The minimum Gasteiger partial charge on any atom is -0.325 e. The summed E-state index contributed by atoms with van der Waals surface area (Å²) in [5.41, 5.74) is 1.50. The van der Waals surface area contributed by atoms with Gasteiger partial charge in [-0.2, -0.15) is 4.31 Å². The first-order valence-corrected chi connectivity index (χ1v) is 11.5. The molecule has 2 aromatic heterocycles. The second-order valence-corrected chi connectivity index (χ2v) is 10.4.